The van der Waals surface area contributed by atoms with E-state index >= 15 is 0 Å². The van der Waals surface area contributed by atoms with Gasteiger partial charge in [-0.3, -0.25) is 19.2 Å². The number of carboxylic acids is 1. The first-order valence-electron chi connectivity index (χ1n) is 17.7. The molecule has 2 rings (SSSR count). The van der Waals surface area contributed by atoms with Crippen molar-refractivity contribution in [2.24, 2.45) is 23.1 Å². The molecule has 0 saturated carbocycles. The van der Waals surface area contributed by atoms with Gasteiger partial charge in [0.1, 0.15) is 23.9 Å². The van der Waals surface area contributed by atoms with Gasteiger partial charge < -0.3 is 54.0 Å². The quantitative estimate of drug-likeness (QED) is 0.0757. The van der Waals surface area contributed by atoms with Crippen molar-refractivity contribution in [1.29, 1.82) is 0 Å². The summed E-state index contributed by atoms with van der Waals surface area (Å²) in [5, 5.41) is 34.0. The largest absolute Gasteiger partial charge is 0.508 e. The number of carbonyl (C=O) groups is 5. The number of phenolic OH excluding ortho intramolecular Hbond substituents is 1. The average Bonchev–Trinajstić information content (AvgIpc) is 3.09. The van der Waals surface area contributed by atoms with E-state index in [0.29, 0.717) is 57.2 Å². The van der Waals surface area contributed by atoms with Crippen LogP contribution in [0.5, 0.6) is 5.75 Å². The Bertz CT molecular complexity index is 1260. The van der Waals surface area contributed by atoms with E-state index in [1.807, 2.05) is 6.92 Å². The Morgan fingerprint density at radius 3 is 2.18 bits per heavy atom. The molecule has 4 amide bonds. The molecule has 0 radical (unpaired) electrons. The highest BCUT2D eigenvalue weighted by atomic mass is 16.4. The first-order chi connectivity index (χ1) is 23.9. The van der Waals surface area contributed by atoms with Crippen molar-refractivity contribution >= 4 is 29.6 Å². The van der Waals surface area contributed by atoms with Gasteiger partial charge in [0.15, 0.2) is 0 Å². The molecule has 1 aromatic rings. The zero-order chi connectivity index (χ0) is 37.1. The molecule has 0 saturated heterocycles. The third-order valence-electron chi connectivity index (χ3n) is 8.91. The van der Waals surface area contributed by atoms with Gasteiger partial charge in [0.2, 0.25) is 23.6 Å². The van der Waals surface area contributed by atoms with Crippen molar-refractivity contribution in [3.63, 3.8) is 0 Å². The molecule has 1 unspecified atom stereocenters. The lowest BCUT2D eigenvalue weighted by Gasteiger charge is -2.28. The van der Waals surface area contributed by atoms with Gasteiger partial charge in [-0.1, -0.05) is 51.0 Å². The molecule has 0 aromatic heterocycles. The smallest absolute Gasteiger partial charge is 0.326 e. The Labute approximate surface area is 294 Å². The number of hydrogen-bond donors (Lipinski definition) is 10. The third-order valence-corrected chi connectivity index (χ3v) is 8.91. The molecule has 0 spiro atoms. The molecular weight excluding hydrogens is 644 g/mol. The van der Waals surface area contributed by atoms with E-state index < -0.39 is 59.9 Å². The number of benzene rings is 1. The Morgan fingerprint density at radius 2 is 1.56 bits per heavy atom. The van der Waals surface area contributed by atoms with Crippen LogP contribution in [0.3, 0.4) is 0 Å². The zero-order valence-corrected chi connectivity index (χ0v) is 29.4. The van der Waals surface area contributed by atoms with Gasteiger partial charge in [0.05, 0.1) is 12.1 Å². The van der Waals surface area contributed by atoms with Crippen molar-refractivity contribution in [2.75, 3.05) is 19.6 Å². The summed E-state index contributed by atoms with van der Waals surface area (Å²) < 4.78 is 0. The van der Waals surface area contributed by atoms with Crippen molar-refractivity contribution in [3.8, 4) is 5.75 Å². The molecule has 1 heterocycles. The molecular formula is C35H58N8O7. The summed E-state index contributed by atoms with van der Waals surface area (Å²) in [6, 6.07) is 0.817. The van der Waals surface area contributed by atoms with Gasteiger partial charge in [0, 0.05) is 19.0 Å². The van der Waals surface area contributed by atoms with Crippen LogP contribution in [0, 0.1) is 5.92 Å². The number of nitrogens with two attached hydrogens (primary N) is 3. The number of rotatable bonds is 17. The molecule has 1 aliphatic rings. The monoisotopic (exact) mass is 702 g/mol. The first-order valence-corrected chi connectivity index (χ1v) is 17.7. The minimum atomic E-state index is -1.18. The molecule has 0 fully saturated rings. The van der Waals surface area contributed by atoms with Crippen LogP contribution in [0.1, 0.15) is 77.2 Å². The maximum absolute atomic E-state index is 13.9. The van der Waals surface area contributed by atoms with Gasteiger partial charge >= 0.3 is 5.97 Å². The van der Waals surface area contributed by atoms with E-state index in [0.717, 1.165) is 6.42 Å². The molecule has 0 bridgehead atoms. The predicted octanol–water partition coefficient (Wildman–Crippen LogP) is -0.102. The molecule has 13 N–H and O–H groups in total. The summed E-state index contributed by atoms with van der Waals surface area (Å²) in [6.45, 7) is 4.68. The van der Waals surface area contributed by atoms with Crippen LogP contribution in [0.2, 0.25) is 0 Å². The van der Waals surface area contributed by atoms with Crippen molar-refractivity contribution in [2.45, 2.75) is 114 Å². The summed E-state index contributed by atoms with van der Waals surface area (Å²) in [6.07, 6.45) is 8.00. The van der Waals surface area contributed by atoms with Crippen LogP contribution in [-0.4, -0.2) is 95.7 Å². The highest BCUT2D eigenvalue weighted by Gasteiger charge is 2.32. The summed E-state index contributed by atoms with van der Waals surface area (Å²) in [5.41, 5.74) is 18.1. The van der Waals surface area contributed by atoms with Crippen LogP contribution in [0.25, 0.3) is 0 Å². The minimum absolute atomic E-state index is 0.0283. The van der Waals surface area contributed by atoms with Crippen LogP contribution in [0.15, 0.2) is 36.4 Å². The number of aliphatic carboxylic acids is 1. The fraction of sp³-hybridized carbons (Fsp3) is 0.629. The highest BCUT2D eigenvalue weighted by Crippen LogP contribution is 2.14. The predicted molar refractivity (Wildman–Crippen MR) is 191 cm³/mol. The zero-order valence-electron chi connectivity index (χ0n) is 29.4. The first kappa shape index (κ1) is 42.1. The maximum Gasteiger partial charge on any atom is 0.326 e. The molecule has 7 atom stereocenters. The third kappa shape index (κ3) is 14.8. The second-order valence-corrected chi connectivity index (χ2v) is 13.0. The number of hydrogen-bond acceptors (Lipinski definition) is 10. The molecule has 15 heteroatoms. The Balaban J connectivity index is 2.38. The number of aromatic hydroxyl groups is 1. The highest BCUT2D eigenvalue weighted by molar-refractivity contribution is 5.92. The lowest BCUT2D eigenvalue weighted by Crippen LogP contribution is -2.58. The van der Waals surface area contributed by atoms with Crippen LogP contribution < -0.4 is 43.8 Å². The van der Waals surface area contributed by atoms with E-state index in [4.69, 9.17) is 17.2 Å². The second-order valence-electron chi connectivity index (χ2n) is 13.0. The van der Waals surface area contributed by atoms with Crippen LogP contribution >= 0.6 is 0 Å². The van der Waals surface area contributed by atoms with Gasteiger partial charge in [0.25, 0.3) is 0 Å². The summed E-state index contributed by atoms with van der Waals surface area (Å²) in [5.74, 6) is -3.54. The number of carboxylic acid groups (broad SMARTS) is 1. The molecule has 50 heavy (non-hydrogen) atoms. The van der Waals surface area contributed by atoms with E-state index in [1.54, 1.807) is 31.2 Å². The average molecular weight is 703 g/mol. The fourth-order valence-corrected chi connectivity index (χ4v) is 5.54. The topological polar surface area (TPSA) is 264 Å². The van der Waals surface area contributed by atoms with Gasteiger partial charge in [-0.15, -0.1) is 0 Å². The van der Waals surface area contributed by atoms with Crippen molar-refractivity contribution in [3.05, 3.63) is 42.0 Å². The van der Waals surface area contributed by atoms with Gasteiger partial charge in [-0.25, -0.2) is 4.79 Å². The number of phenols is 1. The van der Waals surface area contributed by atoms with E-state index in [2.05, 4.69) is 26.6 Å². The summed E-state index contributed by atoms with van der Waals surface area (Å²) in [7, 11) is 0. The molecule has 0 aliphatic carbocycles. The number of amides is 4. The van der Waals surface area contributed by atoms with Gasteiger partial charge in [-0.05, 0) is 81.6 Å². The maximum atomic E-state index is 13.9. The normalized spacial score (nSPS) is 22.9. The Hall–Kier alpha value is -4.05. The Kier molecular flexibility index (Phi) is 19.1. The number of nitrogens with one attached hydrogen (secondary N) is 5. The number of unbranched alkanes of at least 4 members (excludes halogenated alkanes) is 2. The molecule has 280 valence electrons. The van der Waals surface area contributed by atoms with E-state index in [-0.39, 0.29) is 43.4 Å². The van der Waals surface area contributed by atoms with Gasteiger partial charge in [-0.2, -0.15) is 0 Å². The summed E-state index contributed by atoms with van der Waals surface area (Å²) >= 11 is 0. The Morgan fingerprint density at radius 1 is 0.920 bits per heavy atom. The number of carbonyl (C=O) groups excluding carboxylic acids is 4. The van der Waals surface area contributed by atoms with Crippen molar-refractivity contribution < 1.29 is 34.2 Å². The van der Waals surface area contributed by atoms with E-state index in [1.165, 1.54) is 12.1 Å². The molecule has 1 aromatic carbocycles. The van der Waals surface area contributed by atoms with E-state index in [9.17, 15) is 34.2 Å². The standard InChI is InChI=1S/C35H58N8O7/c1-3-22(2)30(35(49)50)43-34(48)29(20-23-14-16-25(44)17-15-23)42-32(46)27-12-5-4-11-26(38)31(45)41-28(13-7-9-19-37)33(47)40-24(21-39-27)10-6-8-18-36/h4-5,14-17,22,24,26-30,39,44H,3,6-13,18-21,36-38H2,1-2H3,(H,40,47)(H,41,45)(H,42,46)(H,43,48)(H,49,50)/b5-4+/t22?,24-,26-,27-,28-,29-,30-/m0/s1. The summed E-state index contributed by atoms with van der Waals surface area (Å²) in [4.78, 5) is 65.9. The van der Waals surface area contributed by atoms with Crippen molar-refractivity contribution in [1.82, 2.24) is 26.6 Å². The molecule has 1 aliphatic heterocycles. The lowest BCUT2D eigenvalue weighted by atomic mass is 9.98. The lowest BCUT2D eigenvalue weighted by molar-refractivity contribution is -0.143. The minimum Gasteiger partial charge on any atom is -0.508 e. The SMILES string of the molecule is CCC(C)[C@H](NC(=O)[C@H](Cc1ccc(O)cc1)NC(=O)[C@@H]1C/C=C/C[C@H](N)C(=O)N[C@@H](CCCCN)C(=O)N[C@@H](CCCCN)CN1)C(=O)O. The molecule has 15 nitrogen and oxygen atoms in total. The fourth-order valence-electron chi connectivity index (χ4n) is 5.54. The van der Waals surface area contributed by atoms with Crippen LogP contribution in [0.4, 0.5) is 0 Å². The second kappa shape index (κ2) is 22.6. The van der Waals surface area contributed by atoms with Crippen LogP contribution in [-0.2, 0) is 30.4 Å².